The predicted octanol–water partition coefficient (Wildman–Crippen LogP) is 2.49. The van der Waals surface area contributed by atoms with Crippen LogP contribution in [0.3, 0.4) is 0 Å². The topological polar surface area (TPSA) is 77.4 Å². The van der Waals surface area contributed by atoms with Gasteiger partial charge in [0.25, 0.3) is 5.91 Å². The first-order valence-electron chi connectivity index (χ1n) is 7.63. The lowest BCUT2D eigenvalue weighted by molar-refractivity contribution is -0.147. The van der Waals surface area contributed by atoms with E-state index in [4.69, 9.17) is 4.74 Å². The Morgan fingerprint density at radius 2 is 2.00 bits per heavy atom. The van der Waals surface area contributed by atoms with E-state index < -0.39 is 5.97 Å². The molecule has 1 heterocycles. The van der Waals surface area contributed by atoms with E-state index in [1.165, 1.54) is 0 Å². The second-order valence-electron chi connectivity index (χ2n) is 5.42. The first-order chi connectivity index (χ1) is 11.5. The van der Waals surface area contributed by atoms with E-state index in [1.807, 2.05) is 32.0 Å². The van der Waals surface area contributed by atoms with Crippen LogP contribution in [0.25, 0.3) is 0 Å². The summed E-state index contributed by atoms with van der Waals surface area (Å²) in [5.74, 6) is -0.821. The lowest BCUT2D eigenvalue weighted by Gasteiger charge is -2.09. The lowest BCUT2D eigenvalue weighted by Crippen LogP contribution is -2.21. The fraction of sp³-hybridized carbons (Fsp3) is 0.353. The van der Waals surface area contributed by atoms with Crippen molar-refractivity contribution in [3.63, 3.8) is 0 Å². The zero-order valence-corrected chi connectivity index (χ0v) is 14.5. The highest BCUT2D eigenvalue weighted by molar-refractivity contribution is 7.07. The number of rotatable bonds is 7. The summed E-state index contributed by atoms with van der Waals surface area (Å²) in [5.41, 5.74) is 2.52. The molecular formula is C17H20N2O4S. The maximum absolute atomic E-state index is 11.8. The molecule has 0 saturated heterocycles. The summed E-state index contributed by atoms with van der Waals surface area (Å²) in [5, 5.41) is 4.49. The van der Waals surface area contributed by atoms with Gasteiger partial charge in [0, 0.05) is 29.7 Å². The highest BCUT2D eigenvalue weighted by atomic mass is 32.1. The maximum atomic E-state index is 11.8. The molecule has 2 rings (SSSR count). The van der Waals surface area contributed by atoms with Crippen molar-refractivity contribution < 1.29 is 14.3 Å². The molecule has 0 aliphatic rings. The predicted molar refractivity (Wildman–Crippen MR) is 93.3 cm³/mol. The SMILES string of the molecule is Cc1ccccc1NC(=O)COC(=O)CCCn1c(C)csc1=O. The number of nitrogens with zero attached hydrogens (tertiary/aromatic N) is 1. The van der Waals surface area contributed by atoms with Gasteiger partial charge in [-0.3, -0.25) is 14.4 Å². The molecule has 0 aliphatic heterocycles. The number of thiazole rings is 1. The van der Waals surface area contributed by atoms with Crippen LogP contribution >= 0.6 is 11.3 Å². The highest BCUT2D eigenvalue weighted by Crippen LogP contribution is 2.12. The minimum atomic E-state index is -0.448. The number of esters is 1. The van der Waals surface area contributed by atoms with Gasteiger partial charge in [0.05, 0.1) is 0 Å². The van der Waals surface area contributed by atoms with Crippen LogP contribution in [0.5, 0.6) is 0 Å². The molecule has 24 heavy (non-hydrogen) atoms. The minimum absolute atomic E-state index is 0.0292. The standard InChI is InChI=1S/C17H20N2O4S/c1-12-6-3-4-7-14(12)18-15(20)10-23-16(21)8-5-9-19-13(2)11-24-17(19)22/h3-4,6-7,11H,5,8-10H2,1-2H3,(H,18,20). The first kappa shape index (κ1) is 17.9. The van der Waals surface area contributed by atoms with Crippen LogP contribution in [-0.4, -0.2) is 23.1 Å². The van der Waals surface area contributed by atoms with E-state index in [9.17, 15) is 14.4 Å². The number of anilines is 1. The molecule has 0 radical (unpaired) electrons. The average molecular weight is 348 g/mol. The quantitative estimate of drug-likeness (QED) is 0.780. The lowest BCUT2D eigenvalue weighted by atomic mass is 10.2. The third-order valence-corrected chi connectivity index (χ3v) is 4.40. The molecule has 1 N–H and O–H groups in total. The van der Waals surface area contributed by atoms with Crippen molar-refractivity contribution >= 4 is 28.9 Å². The number of aryl methyl sites for hydroxylation is 2. The van der Waals surface area contributed by atoms with Crippen LogP contribution in [0.4, 0.5) is 5.69 Å². The number of carbonyl (C=O) groups excluding carboxylic acids is 2. The number of benzene rings is 1. The van der Waals surface area contributed by atoms with E-state index >= 15 is 0 Å². The molecule has 7 heteroatoms. The molecule has 0 bridgehead atoms. The van der Waals surface area contributed by atoms with E-state index in [2.05, 4.69) is 5.32 Å². The second kappa shape index (κ2) is 8.44. The number of ether oxygens (including phenoxy) is 1. The summed E-state index contributed by atoms with van der Waals surface area (Å²) in [4.78, 5) is 35.0. The Bertz CT molecular complexity index is 779. The van der Waals surface area contributed by atoms with Gasteiger partial charge < -0.3 is 14.6 Å². The van der Waals surface area contributed by atoms with E-state index in [-0.39, 0.29) is 23.8 Å². The fourth-order valence-corrected chi connectivity index (χ4v) is 2.93. The van der Waals surface area contributed by atoms with Gasteiger partial charge in [-0.25, -0.2) is 0 Å². The first-order valence-corrected chi connectivity index (χ1v) is 8.51. The van der Waals surface area contributed by atoms with Crippen LogP contribution in [0.15, 0.2) is 34.4 Å². The number of hydrogen-bond acceptors (Lipinski definition) is 5. The van der Waals surface area contributed by atoms with Gasteiger partial charge in [-0.05, 0) is 31.9 Å². The molecule has 0 aliphatic carbocycles. The Morgan fingerprint density at radius 1 is 1.25 bits per heavy atom. The number of para-hydroxylation sites is 1. The summed E-state index contributed by atoms with van der Waals surface area (Å²) in [6.45, 7) is 3.89. The molecule has 1 aromatic carbocycles. The molecule has 0 atom stereocenters. The van der Waals surface area contributed by atoms with Gasteiger partial charge in [-0.15, -0.1) is 0 Å². The molecule has 0 spiro atoms. The van der Waals surface area contributed by atoms with Crippen molar-refractivity contribution in [1.82, 2.24) is 4.57 Å². The Kier molecular flexibility index (Phi) is 6.31. The smallest absolute Gasteiger partial charge is 0.307 e. The van der Waals surface area contributed by atoms with Gasteiger partial charge in [0.15, 0.2) is 6.61 Å². The molecule has 6 nitrogen and oxygen atoms in total. The molecule has 0 fully saturated rings. The van der Waals surface area contributed by atoms with Crippen LogP contribution in [0.2, 0.25) is 0 Å². The van der Waals surface area contributed by atoms with E-state index in [1.54, 1.807) is 16.0 Å². The number of hydrogen-bond donors (Lipinski definition) is 1. The zero-order valence-electron chi connectivity index (χ0n) is 13.7. The van der Waals surface area contributed by atoms with Crippen molar-refractivity contribution in [2.24, 2.45) is 0 Å². The monoisotopic (exact) mass is 348 g/mol. The maximum Gasteiger partial charge on any atom is 0.307 e. The van der Waals surface area contributed by atoms with Gasteiger partial charge >= 0.3 is 10.8 Å². The number of aromatic nitrogens is 1. The normalized spacial score (nSPS) is 10.4. The van der Waals surface area contributed by atoms with Crippen LogP contribution in [0, 0.1) is 13.8 Å². The number of amides is 1. The van der Waals surface area contributed by atoms with Gasteiger partial charge in [0.1, 0.15) is 0 Å². The Morgan fingerprint density at radius 3 is 2.67 bits per heavy atom. The molecule has 2 aromatic rings. The van der Waals surface area contributed by atoms with Crippen molar-refractivity contribution in [2.75, 3.05) is 11.9 Å². The number of nitrogens with one attached hydrogen (secondary N) is 1. The van der Waals surface area contributed by atoms with Crippen LogP contribution in [0.1, 0.15) is 24.1 Å². The Balaban J connectivity index is 1.70. The van der Waals surface area contributed by atoms with Crippen molar-refractivity contribution in [2.45, 2.75) is 33.2 Å². The van der Waals surface area contributed by atoms with Crippen LogP contribution in [-0.2, 0) is 20.9 Å². The highest BCUT2D eigenvalue weighted by Gasteiger charge is 2.10. The molecule has 0 unspecified atom stereocenters. The summed E-state index contributed by atoms with van der Waals surface area (Å²) in [6, 6.07) is 7.38. The van der Waals surface area contributed by atoms with Crippen LogP contribution < -0.4 is 10.2 Å². The van der Waals surface area contributed by atoms with E-state index in [0.717, 1.165) is 22.6 Å². The van der Waals surface area contributed by atoms with Crippen molar-refractivity contribution in [3.8, 4) is 0 Å². The minimum Gasteiger partial charge on any atom is -0.456 e. The summed E-state index contributed by atoms with van der Waals surface area (Å²) >= 11 is 1.14. The van der Waals surface area contributed by atoms with Crippen molar-refractivity contribution in [1.29, 1.82) is 0 Å². The average Bonchev–Trinajstić information content (AvgIpc) is 2.87. The molecule has 1 amide bonds. The number of carbonyl (C=O) groups is 2. The Hall–Kier alpha value is -2.41. The van der Waals surface area contributed by atoms with Crippen molar-refractivity contribution in [3.05, 3.63) is 50.6 Å². The molecule has 1 aromatic heterocycles. The summed E-state index contributed by atoms with van der Waals surface area (Å²) in [7, 11) is 0. The molecule has 128 valence electrons. The largest absolute Gasteiger partial charge is 0.456 e. The Labute approximate surface area is 144 Å². The zero-order chi connectivity index (χ0) is 17.5. The fourth-order valence-electron chi connectivity index (χ4n) is 2.17. The summed E-state index contributed by atoms with van der Waals surface area (Å²) in [6.07, 6.45) is 0.662. The second-order valence-corrected chi connectivity index (χ2v) is 6.24. The molecule has 0 saturated carbocycles. The summed E-state index contributed by atoms with van der Waals surface area (Å²) < 4.78 is 6.59. The van der Waals surface area contributed by atoms with Gasteiger partial charge in [-0.2, -0.15) is 0 Å². The van der Waals surface area contributed by atoms with Gasteiger partial charge in [-0.1, -0.05) is 29.5 Å². The third kappa shape index (κ3) is 5.06. The third-order valence-electron chi connectivity index (χ3n) is 3.52. The molecular weight excluding hydrogens is 328 g/mol. The van der Waals surface area contributed by atoms with Gasteiger partial charge in [0.2, 0.25) is 0 Å². The van der Waals surface area contributed by atoms with E-state index in [0.29, 0.717) is 18.7 Å².